The average Bonchev–Trinajstić information content (AvgIpc) is 3.46. The third-order valence-electron chi connectivity index (χ3n) is 7.01. The molecule has 1 N–H and O–H groups in total. The van der Waals surface area contributed by atoms with Crippen LogP contribution in [0, 0.1) is 0 Å². The summed E-state index contributed by atoms with van der Waals surface area (Å²) >= 11 is 0. The van der Waals surface area contributed by atoms with Gasteiger partial charge in [-0.1, -0.05) is 30.3 Å². The first-order chi connectivity index (χ1) is 18.8. The monoisotopic (exact) mass is 533 g/mol. The van der Waals surface area contributed by atoms with Crippen molar-refractivity contribution in [1.29, 1.82) is 0 Å². The lowest BCUT2D eigenvalue weighted by molar-refractivity contribution is 0.0206. The van der Waals surface area contributed by atoms with Crippen LogP contribution in [0.1, 0.15) is 52.0 Å². The maximum Gasteiger partial charge on any atom is 0.410 e. The van der Waals surface area contributed by atoms with Crippen LogP contribution in [0.25, 0.3) is 10.9 Å². The molecular weight excluding hydrogens is 494 g/mol. The molecule has 208 valence electrons. The van der Waals surface area contributed by atoms with E-state index in [1.54, 1.807) is 12.0 Å². The van der Waals surface area contributed by atoms with Crippen LogP contribution in [0.3, 0.4) is 0 Å². The van der Waals surface area contributed by atoms with E-state index < -0.39 is 5.60 Å². The summed E-state index contributed by atoms with van der Waals surface area (Å²) in [6.45, 7) is 9.22. The normalized spacial score (nSPS) is 17.8. The van der Waals surface area contributed by atoms with Crippen molar-refractivity contribution in [1.82, 2.24) is 14.9 Å². The fourth-order valence-electron chi connectivity index (χ4n) is 5.08. The van der Waals surface area contributed by atoms with Gasteiger partial charge in [0.25, 0.3) is 0 Å². The second kappa shape index (κ2) is 11.6. The predicted octanol–water partition coefficient (Wildman–Crippen LogP) is 5.63. The number of methoxy groups -OCH3 is 1. The van der Waals surface area contributed by atoms with E-state index in [1.807, 2.05) is 63.2 Å². The number of ether oxygens (including phenoxy) is 3. The van der Waals surface area contributed by atoms with Crippen LogP contribution in [0.4, 0.5) is 16.6 Å². The van der Waals surface area contributed by atoms with Crippen molar-refractivity contribution in [3.05, 3.63) is 48.0 Å². The Kier molecular flexibility index (Phi) is 7.95. The zero-order valence-electron chi connectivity index (χ0n) is 23.4. The van der Waals surface area contributed by atoms with Gasteiger partial charge in [-0.15, -0.1) is 0 Å². The number of carbonyl (C=O) groups is 1. The first-order valence-electron chi connectivity index (χ1n) is 13.8. The molecule has 0 aliphatic carbocycles. The number of nitrogens with zero attached hydrogens (tertiary/aromatic N) is 4. The van der Waals surface area contributed by atoms with E-state index in [0.29, 0.717) is 37.1 Å². The van der Waals surface area contributed by atoms with Gasteiger partial charge in [-0.3, -0.25) is 0 Å². The second-order valence-electron chi connectivity index (χ2n) is 11.3. The van der Waals surface area contributed by atoms with Crippen LogP contribution in [0.5, 0.6) is 11.5 Å². The number of amides is 1. The molecule has 0 saturated carbocycles. The van der Waals surface area contributed by atoms with Crippen molar-refractivity contribution in [2.24, 2.45) is 0 Å². The van der Waals surface area contributed by atoms with Gasteiger partial charge in [-0.2, -0.15) is 4.98 Å². The van der Waals surface area contributed by atoms with Gasteiger partial charge >= 0.3 is 6.09 Å². The number of aromatic nitrogens is 2. The molecule has 0 radical (unpaired) electrons. The van der Waals surface area contributed by atoms with Gasteiger partial charge in [0.2, 0.25) is 5.95 Å². The van der Waals surface area contributed by atoms with E-state index >= 15 is 0 Å². The molecule has 1 aromatic heterocycles. The summed E-state index contributed by atoms with van der Waals surface area (Å²) in [6, 6.07) is 14.0. The number of fused-ring (bicyclic) bond motifs is 1. The summed E-state index contributed by atoms with van der Waals surface area (Å²) in [7, 11) is 1.64. The van der Waals surface area contributed by atoms with E-state index in [0.717, 1.165) is 61.1 Å². The second-order valence-corrected chi connectivity index (χ2v) is 11.3. The molecule has 2 aliphatic heterocycles. The lowest BCUT2D eigenvalue weighted by Gasteiger charge is -2.34. The zero-order chi connectivity index (χ0) is 27.4. The minimum absolute atomic E-state index is 0.0378. The van der Waals surface area contributed by atoms with Crippen LogP contribution in [0.2, 0.25) is 0 Å². The number of benzene rings is 2. The van der Waals surface area contributed by atoms with Crippen molar-refractivity contribution in [3.8, 4) is 11.5 Å². The molecule has 2 aliphatic rings. The topological polar surface area (TPSA) is 89.0 Å². The van der Waals surface area contributed by atoms with Crippen molar-refractivity contribution in [2.45, 2.75) is 64.7 Å². The molecule has 0 bridgehead atoms. The minimum Gasteiger partial charge on any atom is -0.493 e. The van der Waals surface area contributed by atoms with Crippen molar-refractivity contribution < 1.29 is 19.0 Å². The number of hydrogen-bond acceptors (Lipinski definition) is 8. The maximum atomic E-state index is 12.8. The summed E-state index contributed by atoms with van der Waals surface area (Å²) in [5.41, 5.74) is 1.34. The van der Waals surface area contributed by atoms with Gasteiger partial charge in [0, 0.05) is 43.7 Å². The SMILES string of the molecule is COc1cc2c(N[C@@H]3CCCN(C(=O)OC(C)(C)C)C3)nc(N3CCCC3)nc2cc1OCc1ccccc1. The maximum absolute atomic E-state index is 12.8. The average molecular weight is 534 g/mol. The zero-order valence-corrected chi connectivity index (χ0v) is 23.4. The molecule has 1 atom stereocenters. The van der Waals surface area contributed by atoms with Gasteiger partial charge in [-0.25, -0.2) is 9.78 Å². The summed E-state index contributed by atoms with van der Waals surface area (Å²) < 4.78 is 17.5. The van der Waals surface area contributed by atoms with Crippen LogP contribution in [-0.2, 0) is 11.3 Å². The Morgan fingerprint density at radius 1 is 1.03 bits per heavy atom. The van der Waals surface area contributed by atoms with Gasteiger partial charge in [-0.05, 0) is 58.1 Å². The molecular formula is C30H39N5O4. The summed E-state index contributed by atoms with van der Waals surface area (Å²) in [5, 5.41) is 4.50. The fraction of sp³-hybridized carbons (Fsp3) is 0.500. The van der Waals surface area contributed by atoms with Crippen molar-refractivity contribution >= 4 is 28.8 Å². The first-order valence-corrected chi connectivity index (χ1v) is 13.8. The van der Waals surface area contributed by atoms with Gasteiger partial charge < -0.3 is 29.3 Å². The van der Waals surface area contributed by atoms with E-state index in [-0.39, 0.29) is 12.1 Å². The standard InChI is InChI=1S/C30H39N5O4/c1-30(2,3)39-29(36)35-16-10-13-22(19-35)31-27-23-17-25(37-4)26(38-20-21-11-6-5-7-12-21)18-24(23)32-28(33-27)34-14-8-9-15-34/h5-7,11-12,17-18,22H,8-10,13-16,19-20H2,1-4H3,(H,31,32,33)/t22-/m1/s1. The largest absolute Gasteiger partial charge is 0.493 e. The highest BCUT2D eigenvalue weighted by Crippen LogP contribution is 2.36. The Bertz CT molecular complexity index is 1290. The highest BCUT2D eigenvalue weighted by molar-refractivity contribution is 5.93. The quantitative estimate of drug-likeness (QED) is 0.418. The molecule has 9 heteroatoms. The molecule has 0 unspecified atom stereocenters. The molecule has 3 heterocycles. The van der Waals surface area contributed by atoms with E-state index in [1.165, 1.54) is 0 Å². The minimum atomic E-state index is -0.526. The van der Waals surface area contributed by atoms with E-state index in [4.69, 9.17) is 24.2 Å². The summed E-state index contributed by atoms with van der Waals surface area (Å²) in [4.78, 5) is 26.7. The van der Waals surface area contributed by atoms with Crippen LogP contribution >= 0.6 is 0 Å². The molecule has 5 rings (SSSR count). The summed E-state index contributed by atoms with van der Waals surface area (Å²) in [6.07, 6.45) is 3.80. The van der Waals surface area contributed by atoms with E-state index in [2.05, 4.69) is 10.2 Å². The number of nitrogens with one attached hydrogen (secondary N) is 1. The molecule has 0 spiro atoms. The molecule has 2 fully saturated rings. The van der Waals surface area contributed by atoms with Crippen molar-refractivity contribution in [2.75, 3.05) is 43.5 Å². The molecule has 3 aromatic rings. The van der Waals surface area contributed by atoms with Gasteiger partial charge in [0.05, 0.1) is 12.6 Å². The highest BCUT2D eigenvalue weighted by atomic mass is 16.6. The Hall–Kier alpha value is -3.75. The fourth-order valence-corrected chi connectivity index (χ4v) is 5.08. The lowest BCUT2D eigenvalue weighted by atomic mass is 10.1. The molecule has 2 saturated heterocycles. The molecule has 2 aromatic carbocycles. The van der Waals surface area contributed by atoms with Gasteiger partial charge in [0.1, 0.15) is 18.0 Å². The Morgan fingerprint density at radius 2 is 1.79 bits per heavy atom. The lowest BCUT2D eigenvalue weighted by Crippen LogP contribution is -2.47. The predicted molar refractivity (Wildman–Crippen MR) is 153 cm³/mol. The van der Waals surface area contributed by atoms with Crippen LogP contribution in [-0.4, -0.2) is 65.9 Å². The Morgan fingerprint density at radius 3 is 2.51 bits per heavy atom. The Labute approximate surface area is 230 Å². The van der Waals surface area contributed by atoms with Crippen LogP contribution < -0.4 is 19.7 Å². The van der Waals surface area contributed by atoms with Gasteiger partial charge in [0.15, 0.2) is 11.5 Å². The molecule has 9 nitrogen and oxygen atoms in total. The number of rotatable bonds is 7. The smallest absolute Gasteiger partial charge is 0.410 e. The highest BCUT2D eigenvalue weighted by Gasteiger charge is 2.29. The number of carbonyl (C=O) groups excluding carboxylic acids is 1. The number of hydrogen-bond donors (Lipinski definition) is 1. The number of piperidine rings is 1. The Balaban J connectivity index is 1.44. The first kappa shape index (κ1) is 26.8. The third-order valence-corrected chi connectivity index (χ3v) is 7.01. The number of anilines is 2. The molecule has 39 heavy (non-hydrogen) atoms. The molecule has 1 amide bonds. The van der Waals surface area contributed by atoms with Crippen molar-refractivity contribution in [3.63, 3.8) is 0 Å². The third kappa shape index (κ3) is 6.64. The number of likely N-dealkylation sites (tertiary alicyclic amines) is 1. The summed E-state index contributed by atoms with van der Waals surface area (Å²) in [5.74, 6) is 2.71. The van der Waals surface area contributed by atoms with Crippen LogP contribution in [0.15, 0.2) is 42.5 Å². The van der Waals surface area contributed by atoms with E-state index in [9.17, 15) is 4.79 Å².